The van der Waals surface area contributed by atoms with Crippen molar-refractivity contribution in [3.63, 3.8) is 0 Å². The van der Waals surface area contributed by atoms with Crippen molar-refractivity contribution >= 4 is 17.4 Å². The van der Waals surface area contributed by atoms with Crippen LogP contribution in [0.25, 0.3) is 5.57 Å². The van der Waals surface area contributed by atoms with Gasteiger partial charge in [-0.3, -0.25) is 4.79 Å². The van der Waals surface area contributed by atoms with Crippen molar-refractivity contribution in [2.75, 3.05) is 0 Å². The van der Waals surface area contributed by atoms with Crippen LogP contribution in [0.15, 0.2) is 79.4 Å². The number of nitrogens with one attached hydrogen (secondary N) is 1. The summed E-state index contributed by atoms with van der Waals surface area (Å²) in [6.07, 6.45) is -0.674. The first kappa shape index (κ1) is 21.8. The largest absolute Gasteiger partial charge is 0.507 e. The molecule has 1 amide bonds. The number of hydrogen-bond acceptors (Lipinski definition) is 4. The standard InChI is InChI=1S/C26H25NO4/c1-17(2)19-11-8-12-20(15-19)26(3,4)27-25(30)31-21-13-14-22(23(28)16-21)24(29)18-9-6-5-7-10-18/h5-16,28H,1H2,2-4H3,(H,27,30). The van der Waals surface area contributed by atoms with Crippen LogP contribution in [-0.4, -0.2) is 17.0 Å². The average molecular weight is 415 g/mol. The molecule has 0 aliphatic heterocycles. The molecule has 0 aromatic heterocycles. The maximum atomic E-state index is 12.5. The highest BCUT2D eigenvalue weighted by Gasteiger charge is 2.24. The molecule has 0 atom stereocenters. The Balaban J connectivity index is 1.72. The summed E-state index contributed by atoms with van der Waals surface area (Å²) in [6.45, 7) is 9.61. The predicted octanol–water partition coefficient (Wildman–Crippen LogP) is 5.68. The molecule has 3 aromatic rings. The van der Waals surface area contributed by atoms with Gasteiger partial charge in [-0.25, -0.2) is 4.79 Å². The van der Waals surface area contributed by atoms with Crippen LogP contribution < -0.4 is 10.1 Å². The summed E-state index contributed by atoms with van der Waals surface area (Å²) in [4.78, 5) is 25.0. The highest BCUT2D eigenvalue weighted by Crippen LogP contribution is 2.27. The van der Waals surface area contributed by atoms with Gasteiger partial charge in [0, 0.05) is 11.6 Å². The van der Waals surface area contributed by atoms with Crippen LogP contribution in [0.4, 0.5) is 4.79 Å². The fourth-order valence-electron chi connectivity index (χ4n) is 3.15. The number of phenolic OH excluding ortho intramolecular Hbond substituents is 1. The van der Waals surface area contributed by atoms with E-state index >= 15 is 0 Å². The molecule has 0 aliphatic carbocycles. The molecule has 5 nitrogen and oxygen atoms in total. The number of amides is 1. The molecule has 31 heavy (non-hydrogen) atoms. The maximum Gasteiger partial charge on any atom is 0.413 e. The number of carbonyl (C=O) groups is 2. The average Bonchev–Trinajstić information content (AvgIpc) is 2.73. The lowest BCUT2D eigenvalue weighted by Crippen LogP contribution is -2.42. The van der Waals surface area contributed by atoms with Crippen LogP contribution in [-0.2, 0) is 5.54 Å². The number of phenols is 1. The van der Waals surface area contributed by atoms with Crippen molar-refractivity contribution in [2.45, 2.75) is 26.3 Å². The summed E-state index contributed by atoms with van der Waals surface area (Å²) >= 11 is 0. The third-order valence-corrected chi connectivity index (χ3v) is 4.95. The van der Waals surface area contributed by atoms with Gasteiger partial charge in [0.15, 0.2) is 5.78 Å². The fraction of sp³-hybridized carbons (Fsp3) is 0.154. The van der Waals surface area contributed by atoms with Gasteiger partial charge in [0.2, 0.25) is 0 Å². The first-order valence-corrected chi connectivity index (χ1v) is 9.86. The molecule has 0 saturated heterocycles. The van der Waals surface area contributed by atoms with E-state index in [1.54, 1.807) is 24.3 Å². The molecule has 0 saturated carbocycles. The van der Waals surface area contributed by atoms with E-state index < -0.39 is 11.6 Å². The molecule has 3 aromatic carbocycles. The van der Waals surface area contributed by atoms with Gasteiger partial charge in [-0.15, -0.1) is 0 Å². The zero-order valence-electron chi connectivity index (χ0n) is 17.8. The monoisotopic (exact) mass is 415 g/mol. The second-order valence-electron chi connectivity index (χ2n) is 7.87. The molecule has 3 rings (SSSR count). The Morgan fingerprint density at radius 1 is 0.935 bits per heavy atom. The predicted molar refractivity (Wildman–Crippen MR) is 121 cm³/mol. The van der Waals surface area contributed by atoms with Crippen LogP contribution in [0.5, 0.6) is 11.5 Å². The third-order valence-electron chi connectivity index (χ3n) is 4.95. The maximum absolute atomic E-state index is 12.5. The van der Waals surface area contributed by atoms with Gasteiger partial charge in [-0.1, -0.05) is 60.7 Å². The second-order valence-corrected chi connectivity index (χ2v) is 7.87. The number of allylic oxidation sites excluding steroid dienone is 1. The summed E-state index contributed by atoms with van der Waals surface area (Å²) in [5, 5.41) is 13.1. The molecule has 0 radical (unpaired) electrons. The number of hydrogen-bond donors (Lipinski definition) is 2. The zero-order chi connectivity index (χ0) is 22.6. The van der Waals surface area contributed by atoms with Gasteiger partial charge in [0.1, 0.15) is 11.5 Å². The highest BCUT2D eigenvalue weighted by atomic mass is 16.6. The van der Waals surface area contributed by atoms with Crippen molar-refractivity contribution in [1.29, 1.82) is 0 Å². The van der Waals surface area contributed by atoms with E-state index in [1.807, 2.05) is 51.1 Å². The SMILES string of the molecule is C=C(C)c1cccc(C(C)(C)NC(=O)Oc2ccc(C(=O)c3ccccc3)c(O)c2)c1. The molecule has 0 fully saturated rings. The summed E-state index contributed by atoms with van der Waals surface area (Å²) in [5.41, 5.74) is 2.72. The molecule has 5 heteroatoms. The molecule has 2 N–H and O–H groups in total. The number of aromatic hydroxyl groups is 1. The number of carbonyl (C=O) groups excluding carboxylic acids is 2. The first-order chi connectivity index (χ1) is 14.7. The van der Waals surface area contributed by atoms with Crippen LogP contribution >= 0.6 is 0 Å². The van der Waals surface area contributed by atoms with Crippen molar-refractivity contribution < 1.29 is 19.4 Å². The molecule has 0 aliphatic rings. The summed E-state index contributed by atoms with van der Waals surface area (Å²) in [7, 11) is 0. The van der Waals surface area contributed by atoms with Crippen LogP contribution in [0.2, 0.25) is 0 Å². The van der Waals surface area contributed by atoms with Gasteiger partial charge in [0.05, 0.1) is 11.1 Å². The minimum absolute atomic E-state index is 0.131. The number of ether oxygens (including phenoxy) is 1. The first-order valence-electron chi connectivity index (χ1n) is 9.86. The fourth-order valence-corrected chi connectivity index (χ4v) is 3.15. The molecule has 0 unspecified atom stereocenters. The number of ketones is 1. The normalized spacial score (nSPS) is 10.9. The molecule has 158 valence electrons. The van der Waals surface area contributed by atoms with Gasteiger partial charge in [-0.2, -0.15) is 0 Å². The van der Waals surface area contributed by atoms with E-state index in [1.165, 1.54) is 18.2 Å². The van der Waals surface area contributed by atoms with Crippen LogP contribution in [0.3, 0.4) is 0 Å². The Bertz CT molecular complexity index is 1130. The van der Waals surface area contributed by atoms with Gasteiger partial charge in [-0.05, 0) is 50.1 Å². The van der Waals surface area contributed by atoms with Crippen LogP contribution in [0, 0.1) is 0 Å². The molecule has 0 spiro atoms. The van der Waals surface area contributed by atoms with E-state index in [-0.39, 0.29) is 22.8 Å². The van der Waals surface area contributed by atoms with E-state index in [0.29, 0.717) is 5.56 Å². The van der Waals surface area contributed by atoms with Gasteiger partial charge >= 0.3 is 6.09 Å². The minimum Gasteiger partial charge on any atom is -0.507 e. The lowest BCUT2D eigenvalue weighted by atomic mass is 9.92. The van der Waals surface area contributed by atoms with Gasteiger partial charge < -0.3 is 15.2 Å². The van der Waals surface area contributed by atoms with E-state index in [0.717, 1.165) is 16.7 Å². The van der Waals surface area contributed by atoms with Crippen molar-refractivity contribution in [3.05, 3.63) is 102 Å². The minimum atomic E-state index is -0.701. The lowest BCUT2D eigenvalue weighted by Gasteiger charge is -2.27. The summed E-state index contributed by atoms with van der Waals surface area (Å²) in [6, 6.07) is 20.6. The van der Waals surface area contributed by atoms with Crippen molar-refractivity contribution in [1.82, 2.24) is 5.32 Å². The van der Waals surface area contributed by atoms with E-state index in [9.17, 15) is 14.7 Å². The van der Waals surface area contributed by atoms with E-state index in [4.69, 9.17) is 4.74 Å². The molecular formula is C26H25NO4. The van der Waals surface area contributed by atoms with Gasteiger partial charge in [0.25, 0.3) is 0 Å². The Hall–Kier alpha value is -3.86. The molecular weight excluding hydrogens is 390 g/mol. The summed E-state index contributed by atoms with van der Waals surface area (Å²) < 4.78 is 5.33. The van der Waals surface area contributed by atoms with Crippen molar-refractivity contribution in [2.24, 2.45) is 0 Å². The topological polar surface area (TPSA) is 75.6 Å². The van der Waals surface area contributed by atoms with Crippen LogP contribution in [0.1, 0.15) is 47.8 Å². The Morgan fingerprint density at radius 3 is 2.26 bits per heavy atom. The van der Waals surface area contributed by atoms with Crippen molar-refractivity contribution in [3.8, 4) is 11.5 Å². The lowest BCUT2D eigenvalue weighted by molar-refractivity contribution is 0.103. The second kappa shape index (κ2) is 8.88. The summed E-state index contributed by atoms with van der Waals surface area (Å²) in [5.74, 6) is -0.439. The highest BCUT2D eigenvalue weighted by molar-refractivity contribution is 6.10. The quantitative estimate of drug-likeness (QED) is 0.508. The zero-order valence-corrected chi connectivity index (χ0v) is 17.8. The Labute approximate surface area is 182 Å². The molecule has 0 bridgehead atoms. The third kappa shape index (κ3) is 5.20. The number of benzene rings is 3. The Morgan fingerprint density at radius 2 is 1.61 bits per heavy atom. The smallest absolute Gasteiger partial charge is 0.413 e. The van der Waals surface area contributed by atoms with E-state index in [2.05, 4.69) is 11.9 Å². The molecule has 0 heterocycles. The number of rotatable bonds is 6. The Kier molecular flexibility index (Phi) is 6.25.